The van der Waals surface area contributed by atoms with Crippen LogP contribution in [0.2, 0.25) is 0 Å². The van der Waals surface area contributed by atoms with Crippen LogP contribution in [0.4, 0.5) is 5.69 Å². The first-order valence-electron chi connectivity index (χ1n) is 18.9. The molecule has 3 nitrogen and oxygen atoms in total. The van der Waals surface area contributed by atoms with Crippen LogP contribution in [0.1, 0.15) is 38.0 Å². The second-order valence-electron chi connectivity index (χ2n) is 8.89. The summed E-state index contributed by atoms with van der Waals surface area (Å²) in [4.78, 5) is 23.2. The molecule has 0 saturated carbocycles. The van der Waals surface area contributed by atoms with Crippen molar-refractivity contribution < 1.29 is 16.4 Å². The molecule has 0 aliphatic carbocycles. The second kappa shape index (κ2) is 90.3. The van der Waals surface area contributed by atoms with Crippen LogP contribution in [0.25, 0.3) is 0 Å². The number of para-hydroxylation sites is 1. The zero-order chi connectivity index (χ0) is 68.0. The van der Waals surface area contributed by atoms with Crippen molar-refractivity contribution in [3.63, 3.8) is 0 Å². The number of amides is 1. The van der Waals surface area contributed by atoms with Crippen LogP contribution in [0.15, 0.2) is 24.2 Å². The molecule has 1 rings (SSSR count). The van der Waals surface area contributed by atoms with E-state index in [0.717, 1.165) is 0 Å². The molecule has 0 aliphatic heterocycles. The van der Waals surface area contributed by atoms with E-state index >= 15 is 0 Å². The lowest BCUT2D eigenvalue weighted by Crippen LogP contribution is -2.28. The minimum Gasteiger partial charge on any atom is -0.325 e. The van der Waals surface area contributed by atoms with Crippen molar-refractivity contribution in [3.05, 3.63) is 29.7 Å². The minimum atomic E-state index is -1.28. The topological polar surface area (TPSA) is 46.2 Å². The van der Waals surface area contributed by atoms with Crippen LogP contribution in [-0.4, -0.2) is 12.2 Å². The number of hydrogen-bond donors (Lipinski definition) is 1. The molecule has 1 aromatic rings. The Morgan fingerprint density at radius 2 is 0.443 bits per heavy atom. The van der Waals surface area contributed by atoms with Gasteiger partial charge in [-0.15, -0.1) is 0 Å². The molecule has 0 spiro atoms. The smallest absolute Gasteiger partial charge is 0.229 e. The van der Waals surface area contributed by atoms with Crippen molar-refractivity contribution >= 4 is 671 Å². The highest BCUT2D eigenvalue weighted by Crippen LogP contribution is 2.19. The third kappa shape index (κ3) is 86.0. The fourth-order valence-electron chi connectivity index (χ4n) is 1.57. The third-order valence-corrected chi connectivity index (χ3v) is 159. The number of hydrogen-bond acceptors (Lipinski definition) is 4. The predicted molar refractivity (Wildman–Crippen MR) is 598 cm³/mol. The van der Waals surface area contributed by atoms with E-state index in [-0.39, 0.29) is 5.69 Å². The van der Waals surface area contributed by atoms with E-state index < -0.39 is 47.3 Å². The van der Waals surface area contributed by atoms with E-state index in [2.05, 4.69) is 5.32 Å². The summed E-state index contributed by atoms with van der Waals surface area (Å²) in [6.45, 7) is 4.86. The van der Waals surface area contributed by atoms with Crippen molar-refractivity contribution in [2.75, 3.05) is 5.32 Å². The molecule has 1 aromatic carbocycles. The quantitative estimate of drug-likeness (QED) is 0.463. The third-order valence-electron chi connectivity index (χ3n) is 3.65. The van der Waals surface area contributed by atoms with Crippen molar-refractivity contribution in [1.29, 1.82) is 0 Å². The van der Waals surface area contributed by atoms with Gasteiger partial charge in [-0.05, 0) is 12.1 Å². The normalized spacial score (nSPS) is 9.15. The summed E-state index contributed by atoms with van der Waals surface area (Å²) >= 11 is 9.65. The molecule has 0 fully saturated rings. The van der Waals surface area contributed by atoms with Gasteiger partial charge in [0.2, 0.25) is 5.91 Å². The molecule has 0 unspecified atom stereocenters. The number of aldehydes is 1. The van der Waals surface area contributed by atoms with E-state index in [0.29, 0.717) is 0 Å². The molecule has 0 aromatic heterocycles. The Labute approximate surface area is 727 Å². The Hall–Kier alpha value is 14.4. The Kier molecular flexibility index (Phi) is 95.5. The molecule has 0 atom stereocenters. The highest BCUT2D eigenvalue weighted by molar-refractivity contribution is 8.84. The van der Waals surface area contributed by atoms with Crippen LogP contribution >= 0.6 is 0 Å². The number of rotatable bonds is 2. The first kappa shape index (κ1) is 93.0. The molecular weight excluding hydrogens is 2530 g/mol. The van der Waals surface area contributed by atoms with Crippen molar-refractivity contribution in [2.24, 2.45) is 5.41 Å². The SMILES string of the molecule is S=S=S=S=S=S=S=S=S=S=S=S=S=S=S=S=S=S=S=S=S=S=S=S=S=S=S=S=S=S=S=S=S=S=S=S=S=S=S=S=S=S=S=S=S=S=S=S=S=S=S=S=S=S=S=S=S=S=S=S=S=S=S=S=S=S=S=S=S=S=S=S=S.[2H]C(=O)c1c([2H])c([2H])c([2H])c([2H])c1NC(=O)C(C)(C)C. The summed E-state index contributed by atoms with van der Waals surface area (Å²) in [7, 11) is 128. The fourth-order valence-corrected chi connectivity index (χ4v) is 191. The maximum Gasteiger partial charge on any atom is 0.229 e. The second-order valence-corrected chi connectivity index (χ2v) is 134. The van der Waals surface area contributed by atoms with Gasteiger partial charge in [0.1, 0.15) is 1.37 Å². The standard InChI is InChI=1S/C12H15NO2.S73/c1-12(2,3)11(15)13-10-7-5-4-6-9(10)8-14;1-3-5-7-9-11-13-15-17-19-21-23-25-27-29-31-33-35-37-39-41-43-45-47-49-51-53-55-57-59-61-63-65-67-69-71-73-72-70-68-66-64-62-60-58-56-54-52-50-48-46-44-42-40-38-36-34-32-30-28-26-24-22-20-18-16-14-12-10-8-6-4-2/h4-8H,1-3H3,(H,13,15);/i4D,5D,6D,7D,8D;. The summed E-state index contributed by atoms with van der Waals surface area (Å²) in [5.74, 6) is -0.509. The largest absolute Gasteiger partial charge is 0.325 e. The summed E-state index contributed by atoms with van der Waals surface area (Å²) in [6, 6.07) is -2.35. The van der Waals surface area contributed by atoms with Crippen LogP contribution < -0.4 is 5.32 Å². The average molecular weight is 2550 g/mol. The average Bonchev–Trinajstić information content (AvgIpc) is 0.788. The van der Waals surface area contributed by atoms with Crippen molar-refractivity contribution in [1.82, 2.24) is 0 Å². The van der Waals surface area contributed by atoms with E-state index in [4.69, 9.17) is 29.2 Å². The van der Waals surface area contributed by atoms with E-state index in [1.54, 1.807) is 127 Å². The maximum atomic E-state index is 11.9. The summed E-state index contributed by atoms with van der Waals surface area (Å²) in [5, 5.41) is 2.32. The molecule has 0 aliphatic rings. The van der Waals surface area contributed by atoms with Gasteiger partial charge in [-0.3, -0.25) is 9.59 Å². The van der Waals surface area contributed by atoms with Gasteiger partial charge in [0.05, 0.1) is 11.2 Å². The van der Waals surface area contributed by atoms with Crippen LogP contribution in [0.3, 0.4) is 0 Å². The van der Waals surface area contributed by atoms with Crippen LogP contribution in [0, 0.1) is 5.41 Å². The van der Waals surface area contributed by atoms with Gasteiger partial charge in [0.25, 0.3) is 0 Å². The molecule has 1 N–H and O–H groups in total. The van der Waals surface area contributed by atoms with Crippen LogP contribution in [-0.2, 0) is 658 Å². The lowest BCUT2D eigenvalue weighted by atomic mass is 9.95. The summed E-state index contributed by atoms with van der Waals surface area (Å²) in [6.07, 6.45) is -1.28. The zero-order valence-corrected chi connectivity index (χ0v) is 98.2. The summed E-state index contributed by atoms with van der Waals surface area (Å²) < 4.78 is 37.5. The van der Waals surface area contributed by atoms with Crippen molar-refractivity contribution in [2.45, 2.75) is 20.8 Å². The molecule has 76 heteroatoms. The highest BCUT2D eigenvalue weighted by atomic mass is 33.5. The lowest BCUT2D eigenvalue weighted by Gasteiger charge is -2.18. The molecule has 0 radical (unpaired) electrons. The van der Waals surface area contributed by atoms with E-state index in [1.165, 1.54) is 17.8 Å². The molecule has 88 heavy (non-hydrogen) atoms. The molecule has 0 bridgehead atoms. The van der Waals surface area contributed by atoms with Gasteiger partial charge in [-0.25, -0.2) is 0 Å². The van der Waals surface area contributed by atoms with Gasteiger partial charge < -0.3 is 5.32 Å². The maximum absolute atomic E-state index is 11.9. The number of carbonyl (C=O) groups is 2. The highest BCUT2D eigenvalue weighted by Gasteiger charge is 2.21. The van der Waals surface area contributed by atoms with Gasteiger partial charge in [-0.1, -0.05) is 32.9 Å². The zero-order valence-electron chi connectivity index (χ0n) is 43.6. The van der Waals surface area contributed by atoms with Crippen molar-refractivity contribution in [3.8, 4) is 0 Å². The Balaban J connectivity index is 0.00000356. The van der Waals surface area contributed by atoms with Crippen LogP contribution in [0.5, 0.6) is 0 Å². The Morgan fingerprint density at radius 1 is 0.307 bits per heavy atom. The number of carbonyl (C=O) groups excluding carboxylic acids is 2. The van der Waals surface area contributed by atoms with Gasteiger partial charge in [0, 0.05) is 664 Å². The van der Waals surface area contributed by atoms with E-state index in [9.17, 15) is 9.59 Å². The molecule has 1 amide bonds. The van der Waals surface area contributed by atoms with Gasteiger partial charge >= 0.3 is 0 Å². The van der Waals surface area contributed by atoms with Gasteiger partial charge in [-0.2, -0.15) is 0 Å². The first-order chi connectivity index (χ1) is 45.4. The molecular formula is C12H15NO2S73. The molecule has 0 saturated heterocycles. The Morgan fingerprint density at radius 3 is 0.568 bits per heavy atom. The van der Waals surface area contributed by atoms with E-state index in [1.807, 2.05) is 506 Å². The first-order valence-corrected chi connectivity index (χ1v) is 112. The summed E-state index contributed by atoms with van der Waals surface area (Å²) in [5.41, 5.74) is -1.69. The van der Waals surface area contributed by atoms with Gasteiger partial charge in [0.15, 0.2) is 6.26 Å². The number of nitrogens with one attached hydrogen (secondary N) is 1. The monoisotopic (exact) mass is 2540 g/mol. The lowest BCUT2D eigenvalue weighted by molar-refractivity contribution is -0.123. The number of anilines is 1. The Bertz CT molecular complexity index is 6230. The minimum absolute atomic E-state index is 0.351. The predicted octanol–water partition coefficient (Wildman–Crippen LogP) is 2.31. The molecule has 0 heterocycles. The number of benzene rings is 1. The fraction of sp³-hybridized carbons (Fsp3) is 0.333. The molecule has 518 valence electrons.